The Morgan fingerprint density at radius 3 is 2.67 bits per heavy atom. The normalized spacial score (nSPS) is 11.6. The van der Waals surface area contributed by atoms with Gasteiger partial charge in [0, 0.05) is 22.9 Å². The highest BCUT2D eigenvalue weighted by Gasteiger charge is 2.22. The average molecular weight is 406 g/mol. The number of hydrogen-bond acceptors (Lipinski definition) is 4. The van der Waals surface area contributed by atoms with Crippen LogP contribution in [0.25, 0.3) is 0 Å². The third-order valence-electron chi connectivity index (χ3n) is 2.60. The molecule has 7 heteroatoms. The van der Waals surface area contributed by atoms with Crippen molar-refractivity contribution >= 4 is 34.3 Å². The number of hydrogen-bond donors (Lipinski definition) is 2. The number of halogens is 2. The Hall–Kier alpha value is -1.48. The van der Waals surface area contributed by atoms with E-state index in [0.29, 0.717) is 16.7 Å². The fourth-order valence-electron chi connectivity index (χ4n) is 1.50. The molecule has 0 unspecified atom stereocenters. The Bertz CT molecular complexity index is 573. The molecule has 2 N–H and O–H groups in total. The van der Waals surface area contributed by atoms with Gasteiger partial charge in [-0.3, -0.25) is 4.79 Å². The second-order valence-corrected chi connectivity index (χ2v) is 5.82. The summed E-state index contributed by atoms with van der Waals surface area (Å²) in [7, 11) is 3.74. The van der Waals surface area contributed by atoms with E-state index in [-0.39, 0.29) is 5.56 Å². The zero-order valence-electron chi connectivity index (χ0n) is 11.7. The van der Waals surface area contributed by atoms with Crippen LogP contribution in [-0.4, -0.2) is 48.9 Å². The first-order valence-electron chi connectivity index (χ1n) is 6.14. The number of nitrogens with one attached hydrogen (secondary N) is 1. The zero-order chi connectivity index (χ0) is 16.0. The molecule has 0 aliphatic heterocycles. The van der Waals surface area contributed by atoms with Gasteiger partial charge < -0.3 is 15.3 Å². The molecular formula is C14H16FIN2O3. The van der Waals surface area contributed by atoms with Crippen molar-refractivity contribution in [2.45, 2.75) is 0 Å². The maximum absolute atomic E-state index is 13.7. The predicted molar refractivity (Wildman–Crippen MR) is 85.7 cm³/mol. The van der Waals surface area contributed by atoms with Crippen LogP contribution in [0, 0.1) is 9.39 Å². The summed E-state index contributed by atoms with van der Waals surface area (Å²) in [6, 6.07) is 3.98. The van der Waals surface area contributed by atoms with Crippen molar-refractivity contribution in [3.8, 4) is 0 Å². The summed E-state index contributed by atoms with van der Waals surface area (Å²) in [6.07, 6.45) is 1.12. The van der Waals surface area contributed by atoms with Gasteiger partial charge in [-0.2, -0.15) is 0 Å². The summed E-state index contributed by atoms with van der Waals surface area (Å²) in [5.74, 6) is -2.98. The van der Waals surface area contributed by atoms with E-state index >= 15 is 0 Å². The molecule has 0 amide bonds. The van der Waals surface area contributed by atoms with E-state index in [1.807, 2.05) is 41.6 Å². The Kier molecular flexibility index (Phi) is 6.76. The SMILES string of the molecule is CN(C)CCNC=C(C(=O)O)C(=O)c1cc(I)ccc1F. The lowest BCUT2D eigenvalue weighted by atomic mass is 10.0. The maximum Gasteiger partial charge on any atom is 0.341 e. The van der Waals surface area contributed by atoms with Crippen LogP contribution in [0.15, 0.2) is 30.0 Å². The number of carboxylic acid groups (broad SMARTS) is 1. The molecule has 0 atom stereocenters. The summed E-state index contributed by atoms with van der Waals surface area (Å²) in [6.45, 7) is 1.15. The van der Waals surface area contributed by atoms with Gasteiger partial charge in [0.25, 0.3) is 0 Å². The van der Waals surface area contributed by atoms with Crippen LogP contribution >= 0.6 is 22.6 Å². The third-order valence-corrected chi connectivity index (χ3v) is 3.27. The highest BCUT2D eigenvalue weighted by atomic mass is 127. The van der Waals surface area contributed by atoms with Gasteiger partial charge in [-0.1, -0.05) is 0 Å². The van der Waals surface area contributed by atoms with Crippen LogP contribution in [0.2, 0.25) is 0 Å². The van der Waals surface area contributed by atoms with Crippen molar-refractivity contribution in [1.82, 2.24) is 10.2 Å². The average Bonchev–Trinajstić information content (AvgIpc) is 2.40. The molecule has 114 valence electrons. The smallest absolute Gasteiger partial charge is 0.341 e. The molecule has 0 fully saturated rings. The Labute approximate surface area is 136 Å². The predicted octanol–water partition coefficient (Wildman–Crippen LogP) is 1.73. The number of rotatable bonds is 7. The maximum atomic E-state index is 13.7. The van der Waals surface area contributed by atoms with Crippen molar-refractivity contribution in [1.29, 1.82) is 0 Å². The number of carbonyl (C=O) groups is 2. The van der Waals surface area contributed by atoms with E-state index in [0.717, 1.165) is 12.3 Å². The molecular weight excluding hydrogens is 390 g/mol. The summed E-state index contributed by atoms with van der Waals surface area (Å²) in [4.78, 5) is 25.2. The number of carboxylic acids is 1. The Balaban J connectivity index is 2.95. The summed E-state index contributed by atoms with van der Waals surface area (Å²) < 4.78 is 14.3. The molecule has 0 saturated heterocycles. The molecule has 0 aliphatic rings. The number of aliphatic carboxylic acids is 1. The molecule has 0 saturated carbocycles. The molecule has 1 aromatic carbocycles. The van der Waals surface area contributed by atoms with Crippen LogP contribution in [0.1, 0.15) is 10.4 Å². The van der Waals surface area contributed by atoms with Gasteiger partial charge in [0.1, 0.15) is 11.4 Å². The Morgan fingerprint density at radius 2 is 2.10 bits per heavy atom. The number of nitrogens with zero attached hydrogens (tertiary/aromatic N) is 1. The molecule has 0 spiro atoms. The number of Topliss-reactive ketones (excluding diaryl/α,β-unsaturated/α-hetero) is 1. The minimum absolute atomic E-state index is 0.245. The van der Waals surface area contributed by atoms with E-state index < -0.39 is 23.1 Å². The van der Waals surface area contributed by atoms with Gasteiger partial charge in [0.15, 0.2) is 0 Å². The van der Waals surface area contributed by atoms with Crippen LogP contribution in [0.4, 0.5) is 4.39 Å². The fraction of sp³-hybridized carbons (Fsp3) is 0.286. The van der Waals surface area contributed by atoms with E-state index in [1.165, 1.54) is 12.1 Å². The van der Waals surface area contributed by atoms with Crippen LogP contribution in [0.5, 0.6) is 0 Å². The molecule has 0 aliphatic carbocycles. The van der Waals surface area contributed by atoms with E-state index in [1.54, 1.807) is 0 Å². The largest absolute Gasteiger partial charge is 0.477 e. The standard InChI is InChI=1S/C14H16FIN2O3/c1-18(2)6-5-17-8-11(14(20)21)13(19)10-7-9(16)3-4-12(10)15/h3-4,7-8,17H,5-6H2,1-2H3,(H,20,21). The van der Waals surface area contributed by atoms with Crippen LogP contribution in [0.3, 0.4) is 0 Å². The van der Waals surface area contributed by atoms with Crippen molar-refractivity contribution in [3.05, 3.63) is 44.9 Å². The van der Waals surface area contributed by atoms with Crippen molar-refractivity contribution < 1.29 is 19.1 Å². The van der Waals surface area contributed by atoms with Gasteiger partial charge in [-0.25, -0.2) is 9.18 Å². The van der Waals surface area contributed by atoms with E-state index in [4.69, 9.17) is 5.11 Å². The second-order valence-electron chi connectivity index (χ2n) is 4.57. The number of likely N-dealkylation sites (N-methyl/N-ethyl adjacent to an activating group) is 1. The topological polar surface area (TPSA) is 69.6 Å². The number of carbonyl (C=O) groups excluding carboxylic acids is 1. The highest BCUT2D eigenvalue weighted by molar-refractivity contribution is 14.1. The minimum atomic E-state index is -1.39. The lowest BCUT2D eigenvalue weighted by Gasteiger charge is -2.09. The first-order valence-corrected chi connectivity index (χ1v) is 7.22. The summed E-state index contributed by atoms with van der Waals surface area (Å²) in [5.41, 5.74) is -0.736. The number of benzene rings is 1. The molecule has 5 nitrogen and oxygen atoms in total. The highest BCUT2D eigenvalue weighted by Crippen LogP contribution is 2.16. The van der Waals surface area contributed by atoms with Gasteiger partial charge in [0.05, 0.1) is 5.56 Å². The van der Waals surface area contributed by atoms with E-state index in [9.17, 15) is 14.0 Å². The van der Waals surface area contributed by atoms with Gasteiger partial charge >= 0.3 is 5.97 Å². The van der Waals surface area contributed by atoms with Crippen LogP contribution in [-0.2, 0) is 4.79 Å². The van der Waals surface area contributed by atoms with Crippen molar-refractivity contribution in [2.75, 3.05) is 27.2 Å². The molecule has 21 heavy (non-hydrogen) atoms. The summed E-state index contributed by atoms with van der Waals surface area (Å²) >= 11 is 1.93. The van der Waals surface area contributed by atoms with Crippen molar-refractivity contribution in [3.63, 3.8) is 0 Å². The zero-order valence-corrected chi connectivity index (χ0v) is 13.8. The first-order chi connectivity index (χ1) is 9.82. The third kappa shape index (κ3) is 5.43. The van der Waals surface area contributed by atoms with Crippen LogP contribution < -0.4 is 5.32 Å². The van der Waals surface area contributed by atoms with Gasteiger partial charge in [0.2, 0.25) is 5.78 Å². The molecule has 0 bridgehead atoms. The number of ketones is 1. The Morgan fingerprint density at radius 1 is 1.43 bits per heavy atom. The monoisotopic (exact) mass is 406 g/mol. The van der Waals surface area contributed by atoms with Crippen molar-refractivity contribution in [2.24, 2.45) is 0 Å². The summed E-state index contributed by atoms with van der Waals surface area (Å²) in [5, 5.41) is 11.9. The molecule has 0 radical (unpaired) electrons. The van der Waals surface area contributed by atoms with E-state index in [2.05, 4.69) is 5.32 Å². The quantitative estimate of drug-likeness (QED) is 0.180. The fourth-order valence-corrected chi connectivity index (χ4v) is 1.99. The molecule has 0 heterocycles. The lowest BCUT2D eigenvalue weighted by molar-refractivity contribution is -0.132. The molecule has 1 aromatic rings. The molecule has 0 aromatic heterocycles. The first kappa shape index (κ1) is 17.6. The van der Waals surface area contributed by atoms with Gasteiger partial charge in [-0.15, -0.1) is 0 Å². The minimum Gasteiger partial charge on any atom is -0.477 e. The lowest BCUT2D eigenvalue weighted by Crippen LogP contribution is -2.25. The molecule has 1 rings (SSSR count). The van der Waals surface area contributed by atoms with Gasteiger partial charge in [-0.05, 0) is 54.9 Å². The second kappa shape index (κ2) is 8.08.